The summed E-state index contributed by atoms with van der Waals surface area (Å²) >= 11 is 3.58. The fraction of sp³-hybridized carbons (Fsp3) is 0.235. The monoisotopic (exact) mass is 314 g/mol. The summed E-state index contributed by atoms with van der Waals surface area (Å²) in [6.07, 6.45) is 7.29. The van der Waals surface area contributed by atoms with Crippen molar-refractivity contribution in [1.29, 1.82) is 0 Å². The Kier molecular flexibility index (Phi) is 4.48. The Bertz CT molecular complexity index is 739. The van der Waals surface area contributed by atoms with Gasteiger partial charge in [0.25, 0.3) is 0 Å². The summed E-state index contributed by atoms with van der Waals surface area (Å²) in [6, 6.07) is 8.65. The first-order valence-electron chi connectivity index (χ1n) is 6.97. The van der Waals surface area contributed by atoms with Gasteiger partial charge >= 0.3 is 0 Å². The molecule has 0 aliphatic rings. The molecule has 0 amide bonds. The summed E-state index contributed by atoms with van der Waals surface area (Å²) in [5.41, 5.74) is 1.35. The highest BCUT2D eigenvalue weighted by atomic mass is 32.1. The maximum Gasteiger partial charge on any atom is 0.116 e. The normalized spacial score (nSPS) is 12.0. The van der Waals surface area contributed by atoms with Gasteiger partial charge in [0.1, 0.15) is 5.01 Å². The molecule has 1 aromatic carbocycles. The Morgan fingerprint density at radius 2 is 2.05 bits per heavy atom. The van der Waals surface area contributed by atoms with E-state index in [0.717, 1.165) is 18.0 Å². The molecule has 0 unspecified atom stereocenters. The van der Waals surface area contributed by atoms with Gasteiger partial charge in [-0.25, -0.2) is 4.98 Å². The molecule has 0 aliphatic heterocycles. The van der Waals surface area contributed by atoms with Gasteiger partial charge in [-0.1, -0.05) is 24.3 Å². The third-order valence-electron chi connectivity index (χ3n) is 3.34. The van der Waals surface area contributed by atoms with E-state index in [-0.39, 0.29) is 0 Å². The fourth-order valence-electron chi connectivity index (χ4n) is 2.28. The van der Waals surface area contributed by atoms with Crippen molar-refractivity contribution in [2.24, 2.45) is 0 Å². The van der Waals surface area contributed by atoms with Crippen molar-refractivity contribution in [3.05, 3.63) is 51.3 Å². The number of benzene rings is 1. The van der Waals surface area contributed by atoms with Crippen LogP contribution in [0.5, 0.6) is 0 Å². The maximum atomic E-state index is 4.33. The Hall–Kier alpha value is -1.49. The van der Waals surface area contributed by atoms with Crippen LogP contribution in [0.2, 0.25) is 0 Å². The summed E-state index contributed by atoms with van der Waals surface area (Å²) in [5.74, 6) is 0. The number of hydrogen-bond acceptors (Lipinski definition) is 4. The SMILES string of the molecule is CN(C)CCc1sc2ccccc2c1C=Cc1nccs1. The lowest BCUT2D eigenvalue weighted by atomic mass is 10.1. The van der Waals surface area contributed by atoms with E-state index in [1.165, 1.54) is 20.5 Å². The third-order valence-corrected chi connectivity index (χ3v) is 5.33. The molecule has 3 aromatic rings. The number of likely N-dealkylation sites (N-methyl/N-ethyl adjacent to an activating group) is 1. The van der Waals surface area contributed by atoms with Gasteiger partial charge in [-0.2, -0.15) is 0 Å². The highest BCUT2D eigenvalue weighted by Gasteiger charge is 2.09. The van der Waals surface area contributed by atoms with Crippen molar-refractivity contribution in [2.75, 3.05) is 20.6 Å². The molecule has 0 fully saturated rings. The number of thiazole rings is 1. The molecule has 0 aliphatic carbocycles. The van der Waals surface area contributed by atoms with E-state index in [2.05, 4.69) is 60.4 Å². The lowest BCUT2D eigenvalue weighted by Gasteiger charge is -2.08. The highest BCUT2D eigenvalue weighted by Crippen LogP contribution is 2.33. The van der Waals surface area contributed by atoms with E-state index in [1.54, 1.807) is 11.3 Å². The molecule has 0 N–H and O–H groups in total. The number of nitrogens with zero attached hydrogens (tertiary/aromatic N) is 2. The molecular formula is C17H18N2S2. The summed E-state index contributed by atoms with van der Waals surface area (Å²) in [5, 5.41) is 4.42. The fourth-order valence-corrected chi connectivity index (χ4v) is 3.99. The van der Waals surface area contributed by atoms with Crippen LogP contribution in [0, 0.1) is 0 Å². The summed E-state index contributed by atoms with van der Waals surface area (Å²) in [4.78, 5) is 8.02. The molecule has 0 atom stereocenters. The molecule has 0 radical (unpaired) electrons. The van der Waals surface area contributed by atoms with Crippen LogP contribution < -0.4 is 0 Å². The zero-order valence-corrected chi connectivity index (χ0v) is 13.9. The number of thiophene rings is 1. The van der Waals surface area contributed by atoms with Crippen LogP contribution in [0.25, 0.3) is 22.2 Å². The van der Waals surface area contributed by atoms with Gasteiger partial charge in [0, 0.05) is 27.7 Å². The molecule has 0 bridgehead atoms. The lowest BCUT2D eigenvalue weighted by molar-refractivity contribution is 0.415. The van der Waals surface area contributed by atoms with Crippen molar-refractivity contribution >= 4 is 44.9 Å². The molecular weight excluding hydrogens is 296 g/mol. The zero-order chi connectivity index (χ0) is 14.7. The predicted octanol–water partition coefficient (Wildman–Crippen LogP) is 4.63. The van der Waals surface area contributed by atoms with Crippen molar-refractivity contribution in [1.82, 2.24) is 9.88 Å². The number of rotatable bonds is 5. The van der Waals surface area contributed by atoms with Gasteiger partial charge in [-0.05, 0) is 43.6 Å². The molecule has 0 saturated heterocycles. The Morgan fingerprint density at radius 1 is 1.19 bits per heavy atom. The molecule has 2 heterocycles. The average molecular weight is 314 g/mol. The van der Waals surface area contributed by atoms with Crippen molar-refractivity contribution in [3.63, 3.8) is 0 Å². The van der Waals surface area contributed by atoms with Crippen molar-refractivity contribution < 1.29 is 0 Å². The average Bonchev–Trinajstić information content (AvgIpc) is 3.10. The summed E-state index contributed by atoms with van der Waals surface area (Å²) < 4.78 is 1.37. The van der Waals surface area contributed by atoms with Gasteiger partial charge in [0.2, 0.25) is 0 Å². The second-order valence-corrected chi connectivity index (χ2v) is 7.25. The predicted molar refractivity (Wildman–Crippen MR) is 95.1 cm³/mol. The van der Waals surface area contributed by atoms with Gasteiger partial charge in [0.05, 0.1) is 0 Å². The minimum absolute atomic E-state index is 1.06. The summed E-state index contributed by atoms with van der Waals surface area (Å²) in [7, 11) is 4.25. The highest BCUT2D eigenvalue weighted by molar-refractivity contribution is 7.19. The van der Waals surface area contributed by atoms with E-state index >= 15 is 0 Å². The molecule has 2 nitrogen and oxygen atoms in total. The number of fused-ring (bicyclic) bond motifs is 1. The van der Waals surface area contributed by atoms with E-state index in [0.29, 0.717) is 0 Å². The standard InChI is InChI=1S/C17H18N2S2/c1-19(2)11-9-16-14(7-8-17-18-10-12-20-17)13-5-3-4-6-15(13)21-16/h3-8,10,12H,9,11H2,1-2H3. The van der Waals surface area contributed by atoms with Crippen LogP contribution in [0.3, 0.4) is 0 Å². The first kappa shape index (κ1) is 14.4. The molecule has 108 valence electrons. The van der Waals surface area contributed by atoms with Crippen molar-refractivity contribution in [2.45, 2.75) is 6.42 Å². The van der Waals surface area contributed by atoms with Crippen LogP contribution in [0.4, 0.5) is 0 Å². The largest absolute Gasteiger partial charge is 0.309 e. The van der Waals surface area contributed by atoms with E-state index in [9.17, 15) is 0 Å². The number of hydrogen-bond donors (Lipinski definition) is 0. The van der Waals surface area contributed by atoms with Crippen molar-refractivity contribution in [3.8, 4) is 0 Å². The number of aromatic nitrogens is 1. The van der Waals surface area contributed by atoms with E-state index in [4.69, 9.17) is 0 Å². The van der Waals surface area contributed by atoms with Crippen LogP contribution in [-0.2, 0) is 6.42 Å². The van der Waals surface area contributed by atoms with Crippen LogP contribution >= 0.6 is 22.7 Å². The Labute approximate surface area is 133 Å². The Balaban J connectivity index is 1.98. The minimum atomic E-state index is 1.06. The molecule has 0 saturated carbocycles. The molecule has 0 spiro atoms. The van der Waals surface area contributed by atoms with Gasteiger partial charge in [0.15, 0.2) is 0 Å². The minimum Gasteiger partial charge on any atom is -0.309 e. The first-order valence-corrected chi connectivity index (χ1v) is 8.66. The quantitative estimate of drug-likeness (QED) is 0.682. The Morgan fingerprint density at radius 3 is 2.81 bits per heavy atom. The molecule has 21 heavy (non-hydrogen) atoms. The van der Waals surface area contributed by atoms with Gasteiger partial charge in [-0.3, -0.25) is 0 Å². The molecule has 2 aromatic heterocycles. The topological polar surface area (TPSA) is 16.1 Å². The maximum absolute atomic E-state index is 4.33. The van der Waals surface area contributed by atoms with Gasteiger partial charge < -0.3 is 4.90 Å². The summed E-state index contributed by atoms with van der Waals surface area (Å²) in [6.45, 7) is 1.07. The second-order valence-electron chi connectivity index (χ2n) is 5.19. The van der Waals surface area contributed by atoms with Crippen LogP contribution in [0.15, 0.2) is 35.8 Å². The smallest absolute Gasteiger partial charge is 0.116 e. The second kappa shape index (κ2) is 6.52. The van der Waals surface area contributed by atoms with Crippen LogP contribution in [-0.4, -0.2) is 30.5 Å². The van der Waals surface area contributed by atoms with E-state index < -0.39 is 0 Å². The molecule has 4 heteroatoms. The zero-order valence-electron chi connectivity index (χ0n) is 12.2. The first-order chi connectivity index (χ1) is 10.2. The third kappa shape index (κ3) is 3.40. The van der Waals surface area contributed by atoms with Gasteiger partial charge in [-0.15, -0.1) is 22.7 Å². The molecule has 3 rings (SSSR count). The van der Waals surface area contributed by atoms with E-state index in [1.807, 2.05) is 22.9 Å². The van der Waals surface area contributed by atoms with Crippen LogP contribution in [0.1, 0.15) is 15.4 Å². The lowest BCUT2D eigenvalue weighted by Crippen LogP contribution is -2.14.